The van der Waals surface area contributed by atoms with Crippen LogP contribution in [0.3, 0.4) is 0 Å². The maximum absolute atomic E-state index is 12.1. The molecule has 0 saturated heterocycles. The predicted octanol–water partition coefficient (Wildman–Crippen LogP) is 2.69. The number of nitrogens with zero attached hydrogens (tertiary/aromatic N) is 3. The van der Waals surface area contributed by atoms with Gasteiger partial charge in [0, 0.05) is 24.1 Å². The van der Waals surface area contributed by atoms with E-state index in [0.717, 1.165) is 22.6 Å². The number of carbonyl (C=O) groups is 2. The van der Waals surface area contributed by atoms with Gasteiger partial charge in [0.2, 0.25) is 5.91 Å². The number of aryl methyl sites for hydroxylation is 2. The highest BCUT2D eigenvalue weighted by atomic mass is 16.5. The first kappa shape index (κ1) is 16.0. The number of benzene rings is 1. The maximum Gasteiger partial charge on any atom is 0.295 e. The fourth-order valence-corrected chi connectivity index (χ4v) is 2.77. The molecule has 1 unspecified atom stereocenters. The smallest absolute Gasteiger partial charge is 0.295 e. The number of aromatic nitrogens is 1. The number of rotatable bonds is 5. The molecule has 2 aromatic rings. The van der Waals surface area contributed by atoms with Crippen molar-refractivity contribution in [1.82, 2.24) is 10.5 Å². The summed E-state index contributed by atoms with van der Waals surface area (Å²) in [7, 11) is 0. The Labute approximate surface area is 139 Å². The zero-order valence-electron chi connectivity index (χ0n) is 13.6. The van der Waals surface area contributed by atoms with Crippen LogP contribution in [0.25, 0.3) is 0 Å². The van der Waals surface area contributed by atoms with E-state index in [4.69, 9.17) is 4.52 Å². The summed E-state index contributed by atoms with van der Waals surface area (Å²) in [5, 5.41) is 14.4. The quantitative estimate of drug-likeness (QED) is 0.913. The van der Waals surface area contributed by atoms with Crippen LogP contribution in [0.4, 0.5) is 0 Å². The maximum atomic E-state index is 12.1. The zero-order valence-corrected chi connectivity index (χ0v) is 13.6. The Hall–Kier alpha value is -2.83. The second-order valence-electron chi connectivity index (χ2n) is 5.73. The van der Waals surface area contributed by atoms with E-state index in [1.165, 1.54) is 0 Å². The van der Waals surface area contributed by atoms with Gasteiger partial charge in [0.25, 0.3) is 5.91 Å². The standard InChI is InChI=1S/C17H18N4O3/c1-10-12(11(2)24-21-10)7-8-16(22)18-9-15-13-5-3-4-6-14(13)17(23)20-19-15/h3-6,15H,7-9H2,1-2H3,(H,18,22). The SMILES string of the molecule is Cc1noc(C)c1CCC(=O)NCC1N=NC(=O)c2ccccc21. The third kappa shape index (κ3) is 3.24. The first-order valence-electron chi connectivity index (χ1n) is 7.79. The van der Waals surface area contributed by atoms with E-state index in [2.05, 4.69) is 20.7 Å². The average molecular weight is 326 g/mol. The van der Waals surface area contributed by atoms with Gasteiger partial charge in [0.05, 0.1) is 5.69 Å². The molecule has 24 heavy (non-hydrogen) atoms. The first-order valence-corrected chi connectivity index (χ1v) is 7.79. The molecule has 0 fully saturated rings. The number of azo groups is 1. The number of nitrogens with one attached hydrogen (secondary N) is 1. The van der Waals surface area contributed by atoms with Crippen molar-refractivity contribution in [3.05, 3.63) is 52.4 Å². The highest BCUT2D eigenvalue weighted by Crippen LogP contribution is 2.26. The van der Waals surface area contributed by atoms with Gasteiger partial charge in [0.1, 0.15) is 11.8 Å². The Balaban J connectivity index is 1.57. The van der Waals surface area contributed by atoms with E-state index < -0.39 is 0 Å². The molecule has 7 heteroatoms. The molecule has 2 heterocycles. The van der Waals surface area contributed by atoms with Gasteiger partial charge >= 0.3 is 0 Å². The van der Waals surface area contributed by atoms with Crippen molar-refractivity contribution in [3.8, 4) is 0 Å². The summed E-state index contributed by atoms with van der Waals surface area (Å²) in [6.07, 6.45) is 0.918. The summed E-state index contributed by atoms with van der Waals surface area (Å²) < 4.78 is 5.09. The number of fused-ring (bicyclic) bond motifs is 1. The summed E-state index contributed by atoms with van der Waals surface area (Å²) in [6.45, 7) is 4.01. The lowest BCUT2D eigenvalue weighted by molar-refractivity contribution is -0.121. The first-order chi connectivity index (χ1) is 11.6. The molecular weight excluding hydrogens is 308 g/mol. The summed E-state index contributed by atoms with van der Waals surface area (Å²) in [5.74, 6) is 0.319. The van der Waals surface area contributed by atoms with Crippen LogP contribution in [0.15, 0.2) is 39.0 Å². The monoisotopic (exact) mass is 326 g/mol. The van der Waals surface area contributed by atoms with Crippen LogP contribution in [0.5, 0.6) is 0 Å². The normalized spacial score (nSPS) is 16.1. The fraction of sp³-hybridized carbons (Fsp3) is 0.353. The van der Waals surface area contributed by atoms with Crippen molar-refractivity contribution in [1.29, 1.82) is 0 Å². The Kier molecular flexibility index (Phi) is 4.50. The molecule has 0 radical (unpaired) electrons. The Morgan fingerprint density at radius 2 is 2.08 bits per heavy atom. The molecule has 1 atom stereocenters. The summed E-state index contributed by atoms with van der Waals surface area (Å²) >= 11 is 0. The second-order valence-corrected chi connectivity index (χ2v) is 5.73. The van der Waals surface area contributed by atoms with E-state index >= 15 is 0 Å². The molecule has 2 amide bonds. The Bertz CT molecular complexity index is 790. The topological polar surface area (TPSA) is 96.9 Å². The number of amides is 2. The Morgan fingerprint density at radius 3 is 2.83 bits per heavy atom. The minimum absolute atomic E-state index is 0.0837. The van der Waals surface area contributed by atoms with Crippen LogP contribution >= 0.6 is 0 Å². The molecule has 124 valence electrons. The lowest BCUT2D eigenvalue weighted by Crippen LogP contribution is -2.29. The second kappa shape index (κ2) is 6.74. The van der Waals surface area contributed by atoms with E-state index in [0.29, 0.717) is 24.9 Å². The van der Waals surface area contributed by atoms with Gasteiger partial charge in [-0.05, 0) is 31.9 Å². The summed E-state index contributed by atoms with van der Waals surface area (Å²) in [5.41, 5.74) is 3.12. The molecule has 1 aliphatic heterocycles. The van der Waals surface area contributed by atoms with Crippen molar-refractivity contribution < 1.29 is 14.1 Å². The fourth-order valence-electron chi connectivity index (χ4n) is 2.77. The van der Waals surface area contributed by atoms with Crippen LogP contribution in [-0.4, -0.2) is 23.5 Å². The molecule has 0 saturated carbocycles. The van der Waals surface area contributed by atoms with Gasteiger partial charge in [0.15, 0.2) is 0 Å². The van der Waals surface area contributed by atoms with Gasteiger partial charge in [-0.25, -0.2) is 0 Å². The van der Waals surface area contributed by atoms with Gasteiger partial charge < -0.3 is 9.84 Å². The van der Waals surface area contributed by atoms with Gasteiger partial charge in [-0.15, -0.1) is 5.11 Å². The minimum Gasteiger partial charge on any atom is -0.361 e. The molecule has 3 rings (SSSR count). The van der Waals surface area contributed by atoms with Crippen molar-refractivity contribution in [3.63, 3.8) is 0 Å². The average Bonchev–Trinajstić information content (AvgIpc) is 2.91. The van der Waals surface area contributed by atoms with Gasteiger partial charge in [-0.3, -0.25) is 9.59 Å². The van der Waals surface area contributed by atoms with Crippen LogP contribution < -0.4 is 5.32 Å². The van der Waals surface area contributed by atoms with E-state index in [1.54, 1.807) is 12.1 Å². The molecule has 1 N–H and O–H groups in total. The third-order valence-corrected chi connectivity index (χ3v) is 4.11. The number of hydrogen-bond acceptors (Lipinski definition) is 5. The van der Waals surface area contributed by atoms with Crippen LogP contribution in [0.1, 0.15) is 45.4 Å². The van der Waals surface area contributed by atoms with E-state index in [-0.39, 0.29) is 17.9 Å². The molecule has 7 nitrogen and oxygen atoms in total. The number of carbonyl (C=O) groups excluding carboxylic acids is 2. The molecule has 1 aromatic heterocycles. The highest BCUT2D eigenvalue weighted by molar-refractivity contribution is 5.97. The number of hydrogen-bond donors (Lipinski definition) is 1. The van der Waals surface area contributed by atoms with E-state index in [9.17, 15) is 9.59 Å². The van der Waals surface area contributed by atoms with Crippen molar-refractivity contribution in [2.45, 2.75) is 32.7 Å². The lowest BCUT2D eigenvalue weighted by Gasteiger charge is -2.18. The molecule has 0 bridgehead atoms. The van der Waals surface area contributed by atoms with Crippen LogP contribution in [-0.2, 0) is 11.2 Å². The van der Waals surface area contributed by atoms with E-state index in [1.807, 2.05) is 26.0 Å². The lowest BCUT2D eigenvalue weighted by atomic mass is 9.99. The van der Waals surface area contributed by atoms with Crippen molar-refractivity contribution >= 4 is 11.8 Å². The van der Waals surface area contributed by atoms with Gasteiger partial charge in [-0.1, -0.05) is 23.4 Å². The molecule has 1 aromatic carbocycles. The van der Waals surface area contributed by atoms with Crippen LogP contribution in [0.2, 0.25) is 0 Å². The molecular formula is C17H18N4O3. The zero-order chi connectivity index (χ0) is 17.1. The molecule has 1 aliphatic rings. The highest BCUT2D eigenvalue weighted by Gasteiger charge is 2.23. The summed E-state index contributed by atoms with van der Waals surface area (Å²) in [6, 6.07) is 6.87. The largest absolute Gasteiger partial charge is 0.361 e. The molecule has 0 aliphatic carbocycles. The minimum atomic E-state index is -0.341. The third-order valence-electron chi connectivity index (χ3n) is 4.11. The van der Waals surface area contributed by atoms with Gasteiger partial charge in [-0.2, -0.15) is 5.11 Å². The van der Waals surface area contributed by atoms with Crippen LogP contribution in [0, 0.1) is 13.8 Å². The molecule has 0 spiro atoms. The Morgan fingerprint density at radius 1 is 1.29 bits per heavy atom. The van der Waals surface area contributed by atoms with Crippen molar-refractivity contribution in [2.24, 2.45) is 10.2 Å². The summed E-state index contributed by atoms with van der Waals surface area (Å²) in [4.78, 5) is 23.8. The van der Waals surface area contributed by atoms with Crippen molar-refractivity contribution in [2.75, 3.05) is 6.54 Å². The predicted molar refractivity (Wildman–Crippen MR) is 85.7 cm³/mol.